The molecule has 4 rings (SSSR count). The SMILES string of the molecule is O=S(=O)(c1ccc2ccccc2c1)n1cnc2c(Cl)ncnc21. The minimum atomic E-state index is -3.83. The van der Waals surface area contributed by atoms with Crippen LogP contribution in [0.3, 0.4) is 0 Å². The summed E-state index contributed by atoms with van der Waals surface area (Å²) in [4.78, 5) is 11.9. The number of hydrogen-bond acceptors (Lipinski definition) is 5. The Labute approximate surface area is 136 Å². The predicted octanol–water partition coefficient (Wildman–Crippen LogP) is 2.87. The molecule has 4 aromatic rings. The van der Waals surface area contributed by atoms with Crippen LogP contribution in [0.1, 0.15) is 0 Å². The summed E-state index contributed by atoms with van der Waals surface area (Å²) in [5.41, 5.74) is 0.400. The molecule has 0 aliphatic rings. The molecule has 0 spiro atoms. The van der Waals surface area contributed by atoms with Crippen LogP contribution in [0, 0.1) is 0 Å². The molecular formula is C15H9ClN4O2S. The summed E-state index contributed by atoms with van der Waals surface area (Å²) in [5.74, 6) is 0. The molecule has 0 radical (unpaired) electrons. The molecule has 0 N–H and O–H groups in total. The number of nitrogens with zero attached hydrogens (tertiary/aromatic N) is 4. The van der Waals surface area contributed by atoms with Gasteiger partial charge in [0, 0.05) is 0 Å². The molecule has 0 aliphatic heterocycles. The number of halogens is 1. The van der Waals surface area contributed by atoms with Gasteiger partial charge in [-0.2, -0.15) is 0 Å². The zero-order valence-corrected chi connectivity index (χ0v) is 13.2. The topological polar surface area (TPSA) is 77.7 Å². The molecule has 0 unspecified atom stereocenters. The molecule has 2 aromatic carbocycles. The molecule has 0 saturated heterocycles. The molecule has 0 fully saturated rings. The van der Waals surface area contributed by atoms with Crippen molar-refractivity contribution in [3.8, 4) is 0 Å². The number of rotatable bonds is 2. The monoisotopic (exact) mass is 344 g/mol. The van der Waals surface area contributed by atoms with E-state index in [1.807, 2.05) is 24.3 Å². The van der Waals surface area contributed by atoms with Crippen LogP contribution in [-0.2, 0) is 10.0 Å². The van der Waals surface area contributed by atoms with Crippen LogP contribution in [0.5, 0.6) is 0 Å². The molecular weight excluding hydrogens is 336 g/mol. The summed E-state index contributed by atoms with van der Waals surface area (Å²) in [6, 6.07) is 12.5. The third kappa shape index (κ3) is 2.16. The summed E-state index contributed by atoms with van der Waals surface area (Å²) in [6.45, 7) is 0. The average molecular weight is 345 g/mol. The molecule has 6 nitrogen and oxygen atoms in total. The summed E-state index contributed by atoms with van der Waals surface area (Å²) in [5, 5.41) is 1.92. The van der Waals surface area contributed by atoms with E-state index in [2.05, 4.69) is 15.0 Å². The van der Waals surface area contributed by atoms with E-state index in [0.29, 0.717) is 0 Å². The van der Waals surface area contributed by atoms with E-state index in [0.717, 1.165) is 14.7 Å². The van der Waals surface area contributed by atoms with Gasteiger partial charge in [-0.15, -0.1) is 0 Å². The molecule has 2 heterocycles. The van der Waals surface area contributed by atoms with Gasteiger partial charge in [0.2, 0.25) is 0 Å². The Bertz CT molecular complexity index is 1150. The lowest BCUT2D eigenvalue weighted by Crippen LogP contribution is -2.12. The standard InChI is InChI=1S/C15H9ClN4O2S/c16-14-13-15(18-8-17-14)20(9-19-13)23(21,22)12-6-5-10-3-1-2-4-11(10)7-12/h1-9H. The highest BCUT2D eigenvalue weighted by atomic mass is 35.5. The quantitative estimate of drug-likeness (QED) is 0.522. The third-order valence-corrected chi connectivity index (χ3v) is 5.45. The van der Waals surface area contributed by atoms with E-state index in [9.17, 15) is 8.42 Å². The molecule has 0 aliphatic carbocycles. The van der Waals surface area contributed by atoms with Crippen molar-refractivity contribution < 1.29 is 8.42 Å². The summed E-state index contributed by atoms with van der Waals surface area (Å²) in [7, 11) is -3.83. The van der Waals surface area contributed by atoms with Gasteiger partial charge in [0.1, 0.15) is 18.2 Å². The Morgan fingerprint density at radius 2 is 1.74 bits per heavy atom. The maximum atomic E-state index is 12.9. The first-order valence-corrected chi connectivity index (χ1v) is 8.47. The highest BCUT2D eigenvalue weighted by molar-refractivity contribution is 7.90. The second-order valence-corrected chi connectivity index (χ2v) is 7.06. The van der Waals surface area contributed by atoms with Crippen molar-refractivity contribution in [2.75, 3.05) is 0 Å². The van der Waals surface area contributed by atoms with Gasteiger partial charge < -0.3 is 0 Å². The lowest BCUT2D eigenvalue weighted by Gasteiger charge is -2.07. The zero-order chi connectivity index (χ0) is 16.0. The molecule has 2 aromatic heterocycles. The van der Waals surface area contributed by atoms with E-state index in [1.165, 1.54) is 12.7 Å². The molecule has 0 atom stereocenters. The van der Waals surface area contributed by atoms with Crippen molar-refractivity contribution in [3.05, 3.63) is 60.3 Å². The Hall–Kier alpha value is -2.51. The van der Waals surface area contributed by atoms with E-state index in [4.69, 9.17) is 11.6 Å². The maximum absolute atomic E-state index is 12.9. The summed E-state index contributed by atoms with van der Waals surface area (Å²) < 4.78 is 26.8. The first kappa shape index (κ1) is 14.1. The Morgan fingerprint density at radius 3 is 2.57 bits per heavy atom. The third-order valence-electron chi connectivity index (χ3n) is 3.54. The number of imidazole rings is 1. The number of fused-ring (bicyclic) bond motifs is 2. The van der Waals surface area contributed by atoms with E-state index >= 15 is 0 Å². The first-order chi connectivity index (χ1) is 11.1. The van der Waals surface area contributed by atoms with Crippen LogP contribution in [0.4, 0.5) is 0 Å². The normalized spacial score (nSPS) is 12.0. The molecule has 0 saturated carbocycles. The molecule has 23 heavy (non-hydrogen) atoms. The number of benzene rings is 2. The van der Waals surface area contributed by atoms with Gasteiger partial charge in [-0.3, -0.25) is 0 Å². The van der Waals surface area contributed by atoms with Crippen molar-refractivity contribution in [3.63, 3.8) is 0 Å². The second kappa shape index (κ2) is 5.00. The molecule has 0 amide bonds. The van der Waals surface area contributed by atoms with Gasteiger partial charge in [-0.05, 0) is 22.9 Å². The minimum Gasteiger partial charge on any atom is -0.231 e. The highest BCUT2D eigenvalue weighted by Crippen LogP contribution is 2.24. The summed E-state index contributed by atoms with van der Waals surface area (Å²) >= 11 is 5.92. The molecule has 8 heteroatoms. The molecule has 0 bridgehead atoms. The average Bonchev–Trinajstić information content (AvgIpc) is 3.00. The minimum absolute atomic E-state index is 0.113. The van der Waals surface area contributed by atoms with Gasteiger partial charge in [0.25, 0.3) is 10.0 Å². The first-order valence-electron chi connectivity index (χ1n) is 6.65. The fourth-order valence-electron chi connectivity index (χ4n) is 2.40. The van der Waals surface area contributed by atoms with Crippen LogP contribution >= 0.6 is 11.6 Å². The number of hydrogen-bond donors (Lipinski definition) is 0. The van der Waals surface area contributed by atoms with Gasteiger partial charge in [-0.1, -0.05) is 41.9 Å². The Kier molecular flexibility index (Phi) is 3.07. The van der Waals surface area contributed by atoms with Crippen LogP contribution in [0.2, 0.25) is 5.15 Å². The maximum Gasteiger partial charge on any atom is 0.270 e. The zero-order valence-electron chi connectivity index (χ0n) is 11.6. The largest absolute Gasteiger partial charge is 0.270 e. The predicted molar refractivity (Wildman–Crippen MR) is 86.9 cm³/mol. The van der Waals surface area contributed by atoms with Gasteiger partial charge >= 0.3 is 0 Å². The highest BCUT2D eigenvalue weighted by Gasteiger charge is 2.22. The van der Waals surface area contributed by atoms with E-state index < -0.39 is 10.0 Å². The van der Waals surface area contributed by atoms with Crippen molar-refractivity contribution in [2.24, 2.45) is 0 Å². The van der Waals surface area contributed by atoms with Crippen molar-refractivity contribution in [2.45, 2.75) is 4.90 Å². The van der Waals surface area contributed by atoms with Crippen molar-refractivity contribution in [1.29, 1.82) is 0 Å². The van der Waals surface area contributed by atoms with Crippen molar-refractivity contribution >= 4 is 43.6 Å². The van der Waals surface area contributed by atoms with E-state index in [-0.39, 0.29) is 21.2 Å². The fraction of sp³-hybridized carbons (Fsp3) is 0. The summed E-state index contributed by atoms with van der Waals surface area (Å²) in [6.07, 6.45) is 2.40. The second-order valence-electron chi connectivity index (χ2n) is 4.89. The lowest BCUT2D eigenvalue weighted by molar-refractivity contribution is 0.588. The smallest absolute Gasteiger partial charge is 0.231 e. The number of aromatic nitrogens is 4. The van der Waals surface area contributed by atoms with E-state index in [1.54, 1.807) is 18.2 Å². The fourth-order valence-corrected chi connectivity index (χ4v) is 3.86. The lowest BCUT2D eigenvalue weighted by atomic mass is 10.1. The van der Waals surface area contributed by atoms with Crippen LogP contribution in [0.15, 0.2) is 60.0 Å². The van der Waals surface area contributed by atoms with Crippen molar-refractivity contribution in [1.82, 2.24) is 18.9 Å². The van der Waals surface area contributed by atoms with Gasteiger partial charge in [0.15, 0.2) is 10.8 Å². The van der Waals surface area contributed by atoms with Crippen LogP contribution < -0.4 is 0 Å². The molecule has 114 valence electrons. The van der Waals surface area contributed by atoms with Crippen LogP contribution in [-0.4, -0.2) is 27.3 Å². The Balaban J connectivity index is 1.96. The van der Waals surface area contributed by atoms with Gasteiger partial charge in [0.05, 0.1) is 4.90 Å². The Morgan fingerprint density at radius 1 is 0.957 bits per heavy atom. The van der Waals surface area contributed by atoms with Gasteiger partial charge in [-0.25, -0.2) is 27.3 Å². The van der Waals surface area contributed by atoms with Crippen LogP contribution in [0.25, 0.3) is 21.9 Å².